The average Bonchev–Trinajstić information content (AvgIpc) is 2.84. The molecule has 1 aliphatic heterocycles. The van der Waals surface area contributed by atoms with E-state index in [0.29, 0.717) is 10.9 Å². The summed E-state index contributed by atoms with van der Waals surface area (Å²) in [6.45, 7) is 4.68. The summed E-state index contributed by atoms with van der Waals surface area (Å²) >= 11 is 1.18. The zero-order valence-electron chi connectivity index (χ0n) is 12.9. The summed E-state index contributed by atoms with van der Waals surface area (Å²) in [5.41, 5.74) is 5.78. The van der Waals surface area contributed by atoms with Gasteiger partial charge in [-0.05, 0) is 50.4 Å². The Labute approximate surface area is 131 Å². The Kier molecular flexibility index (Phi) is 5.11. The smallest absolute Gasteiger partial charge is 0.184 e. The van der Waals surface area contributed by atoms with Crippen LogP contribution in [0.25, 0.3) is 0 Å². The van der Waals surface area contributed by atoms with E-state index in [2.05, 4.69) is 16.3 Å². The molecule has 1 aromatic heterocycles. The molecule has 2 heterocycles. The van der Waals surface area contributed by atoms with E-state index in [1.54, 1.807) is 6.92 Å². The fourth-order valence-corrected chi connectivity index (χ4v) is 4.98. The number of anilines is 2. The second kappa shape index (κ2) is 6.50. The van der Waals surface area contributed by atoms with Gasteiger partial charge in [0.05, 0.1) is 5.75 Å². The lowest BCUT2D eigenvalue weighted by atomic mass is 9.97. The number of nitrogen functional groups attached to an aromatic ring is 1. The van der Waals surface area contributed by atoms with Gasteiger partial charge in [0.1, 0.15) is 9.90 Å². The van der Waals surface area contributed by atoms with Gasteiger partial charge < -0.3 is 15.5 Å². The van der Waals surface area contributed by atoms with Crippen molar-refractivity contribution in [3.8, 4) is 0 Å². The second-order valence-corrected chi connectivity index (χ2v) is 8.70. The average molecular weight is 332 g/mol. The molecule has 0 radical (unpaired) electrons. The van der Waals surface area contributed by atoms with Gasteiger partial charge in [-0.3, -0.25) is 0 Å². The molecule has 0 aromatic carbocycles. The molecule has 0 bridgehead atoms. The Morgan fingerprint density at radius 2 is 2.05 bits per heavy atom. The lowest BCUT2D eigenvalue weighted by molar-refractivity contribution is 0.222. The molecule has 2 N–H and O–H groups in total. The standard InChI is InChI=1S/C13H24N4O2S2/c1-4-21(18,19)11-12(14)15-20-13(11)17(3)9-10-5-7-16(2)8-6-10/h10H,4-9H2,1-3H3,(H2,14,15). The summed E-state index contributed by atoms with van der Waals surface area (Å²) in [4.78, 5) is 4.55. The van der Waals surface area contributed by atoms with Crippen LogP contribution in [0.15, 0.2) is 4.90 Å². The summed E-state index contributed by atoms with van der Waals surface area (Å²) in [6, 6.07) is 0. The third kappa shape index (κ3) is 3.67. The maximum Gasteiger partial charge on any atom is 0.184 e. The fraction of sp³-hybridized carbons (Fsp3) is 0.769. The lowest BCUT2D eigenvalue weighted by Gasteiger charge is -2.32. The van der Waals surface area contributed by atoms with E-state index in [9.17, 15) is 8.42 Å². The summed E-state index contributed by atoms with van der Waals surface area (Å²) < 4.78 is 28.4. The largest absolute Gasteiger partial charge is 0.382 e. The zero-order chi connectivity index (χ0) is 15.6. The van der Waals surface area contributed by atoms with Crippen molar-refractivity contribution in [3.05, 3.63) is 0 Å². The van der Waals surface area contributed by atoms with Gasteiger partial charge in [-0.15, -0.1) is 0 Å². The van der Waals surface area contributed by atoms with E-state index in [0.717, 1.165) is 32.5 Å². The van der Waals surface area contributed by atoms with Crippen molar-refractivity contribution < 1.29 is 8.42 Å². The summed E-state index contributed by atoms with van der Waals surface area (Å²) in [5, 5.41) is 0.674. The van der Waals surface area contributed by atoms with Crippen LogP contribution in [0.5, 0.6) is 0 Å². The first-order valence-corrected chi connectivity index (χ1v) is 9.65. The van der Waals surface area contributed by atoms with Crippen LogP contribution >= 0.6 is 11.5 Å². The van der Waals surface area contributed by atoms with Crippen LogP contribution < -0.4 is 10.6 Å². The molecule has 21 heavy (non-hydrogen) atoms. The fourth-order valence-electron chi connectivity index (χ4n) is 2.68. The van der Waals surface area contributed by atoms with E-state index in [-0.39, 0.29) is 16.5 Å². The maximum atomic E-state index is 12.2. The van der Waals surface area contributed by atoms with Crippen LogP contribution in [-0.2, 0) is 9.84 Å². The molecule has 120 valence electrons. The van der Waals surface area contributed by atoms with E-state index in [1.807, 2.05) is 11.9 Å². The van der Waals surface area contributed by atoms with Gasteiger partial charge in [-0.25, -0.2) is 8.42 Å². The normalized spacial score (nSPS) is 18.0. The SMILES string of the molecule is CCS(=O)(=O)c1c(N)nsc1N(C)CC1CCN(C)CC1. The van der Waals surface area contributed by atoms with Gasteiger partial charge in [0.25, 0.3) is 0 Å². The van der Waals surface area contributed by atoms with Crippen molar-refractivity contribution in [2.24, 2.45) is 5.92 Å². The highest BCUT2D eigenvalue weighted by Gasteiger charge is 2.27. The summed E-state index contributed by atoms with van der Waals surface area (Å²) in [5.74, 6) is 0.767. The molecular weight excluding hydrogens is 308 g/mol. The highest BCUT2D eigenvalue weighted by molar-refractivity contribution is 7.91. The van der Waals surface area contributed by atoms with Crippen LogP contribution in [0.1, 0.15) is 19.8 Å². The van der Waals surface area contributed by atoms with Crippen molar-refractivity contribution in [1.82, 2.24) is 9.27 Å². The minimum absolute atomic E-state index is 0.0463. The molecule has 0 saturated carbocycles. The Morgan fingerprint density at radius 1 is 1.43 bits per heavy atom. The number of nitrogens with zero attached hydrogens (tertiary/aromatic N) is 3. The van der Waals surface area contributed by atoms with Crippen LogP contribution in [0.3, 0.4) is 0 Å². The van der Waals surface area contributed by atoms with E-state index in [1.165, 1.54) is 11.5 Å². The van der Waals surface area contributed by atoms with Gasteiger partial charge in [0, 0.05) is 13.6 Å². The first-order valence-electron chi connectivity index (χ1n) is 7.22. The third-order valence-electron chi connectivity index (χ3n) is 4.07. The molecule has 0 atom stereocenters. The highest BCUT2D eigenvalue weighted by atomic mass is 32.2. The molecule has 1 saturated heterocycles. The molecule has 1 aliphatic rings. The highest BCUT2D eigenvalue weighted by Crippen LogP contribution is 2.35. The number of piperidine rings is 1. The second-order valence-electron chi connectivity index (χ2n) is 5.73. The molecule has 0 unspecified atom stereocenters. The number of nitrogens with two attached hydrogens (primary N) is 1. The molecule has 2 rings (SSSR count). The Balaban J connectivity index is 2.15. The molecular formula is C13H24N4O2S2. The van der Waals surface area contributed by atoms with Crippen molar-refractivity contribution in [3.63, 3.8) is 0 Å². The van der Waals surface area contributed by atoms with Crippen LogP contribution in [0, 0.1) is 5.92 Å². The minimum Gasteiger partial charge on any atom is -0.382 e. The van der Waals surface area contributed by atoms with Gasteiger partial charge in [0.2, 0.25) is 0 Å². The molecule has 0 aliphatic carbocycles. The van der Waals surface area contributed by atoms with E-state index < -0.39 is 9.84 Å². The zero-order valence-corrected chi connectivity index (χ0v) is 14.5. The molecule has 0 amide bonds. The Hall–Kier alpha value is -0.860. The quantitative estimate of drug-likeness (QED) is 0.875. The number of hydrogen-bond donors (Lipinski definition) is 1. The summed E-state index contributed by atoms with van der Waals surface area (Å²) in [7, 11) is 0.727. The topological polar surface area (TPSA) is 79.5 Å². The van der Waals surface area contributed by atoms with E-state index in [4.69, 9.17) is 5.73 Å². The Bertz CT molecular complexity index is 577. The third-order valence-corrected chi connectivity index (χ3v) is 6.96. The monoisotopic (exact) mass is 332 g/mol. The number of rotatable bonds is 5. The van der Waals surface area contributed by atoms with Crippen molar-refractivity contribution in [2.45, 2.75) is 24.7 Å². The minimum atomic E-state index is -3.34. The number of sulfone groups is 1. The molecule has 0 spiro atoms. The van der Waals surface area contributed by atoms with Crippen molar-refractivity contribution >= 4 is 32.2 Å². The van der Waals surface area contributed by atoms with Gasteiger partial charge in [-0.1, -0.05) is 6.92 Å². The van der Waals surface area contributed by atoms with E-state index >= 15 is 0 Å². The van der Waals surface area contributed by atoms with Crippen LogP contribution in [-0.4, -0.2) is 57.2 Å². The molecule has 1 fully saturated rings. The van der Waals surface area contributed by atoms with Gasteiger partial charge in [0.15, 0.2) is 15.7 Å². The van der Waals surface area contributed by atoms with Gasteiger partial charge >= 0.3 is 0 Å². The van der Waals surface area contributed by atoms with Crippen molar-refractivity contribution in [2.75, 3.05) is 50.1 Å². The predicted octanol–water partition coefficient (Wildman–Crippen LogP) is 1.30. The molecule has 8 heteroatoms. The van der Waals surface area contributed by atoms with Gasteiger partial charge in [-0.2, -0.15) is 4.37 Å². The first kappa shape index (κ1) is 16.5. The van der Waals surface area contributed by atoms with Crippen LogP contribution in [0.2, 0.25) is 0 Å². The number of aromatic nitrogens is 1. The predicted molar refractivity (Wildman–Crippen MR) is 87.7 cm³/mol. The van der Waals surface area contributed by atoms with Crippen LogP contribution in [0.4, 0.5) is 10.8 Å². The number of likely N-dealkylation sites (tertiary alicyclic amines) is 1. The molecule has 1 aromatic rings. The lowest BCUT2D eigenvalue weighted by Crippen LogP contribution is -2.35. The maximum absolute atomic E-state index is 12.2. The first-order chi connectivity index (χ1) is 9.85. The molecule has 6 nitrogen and oxygen atoms in total. The Morgan fingerprint density at radius 3 is 2.62 bits per heavy atom. The number of hydrogen-bond acceptors (Lipinski definition) is 7. The van der Waals surface area contributed by atoms with Crippen molar-refractivity contribution in [1.29, 1.82) is 0 Å². The summed E-state index contributed by atoms with van der Waals surface area (Å²) in [6.07, 6.45) is 2.29.